The Labute approximate surface area is 113 Å². The topological polar surface area (TPSA) is 23.6 Å². The van der Waals surface area contributed by atoms with E-state index < -0.39 is 0 Å². The molecule has 0 atom stereocenters. The van der Waals surface area contributed by atoms with Crippen molar-refractivity contribution in [1.29, 1.82) is 0 Å². The van der Waals surface area contributed by atoms with Crippen LogP contribution in [0.5, 0.6) is 0 Å². The van der Waals surface area contributed by atoms with Crippen LogP contribution in [0.3, 0.4) is 0 Å². The van der Waals surface area contributed by atoms with Gasteiger partial charge in [-0.15, -0.1) is 0 Å². The van der Waals surface area contributed by atoms with Crippen molar-refractivity contribution < 1.29 is 4.79 Å². The van der Waals surface area contributed by atoms with Gasteiger partial charge in [-0.3, -0.25) is 9.69 Å². The largest absolute Gasteiger partial charge is 0.343 e. The minimum atomic E-state index is -0.383. The number of hydrogen-bond donors (Lipinski definition) is 0. The van der Waals surface area contributed by atoms with Crippen molar-refractivity contribution >= 4 is 23.2 Å². The number of thiocarbonyl (C=S) groups is 1. The molecule has 2 rings (SSSR count). The Morgan fingerprint density at radius 3 is 2.50 bits per heavy atom. The van der Waals surface area contributed by atoms with Crippen LogP contribution in [0.4, 0.5) is 0 Å². The molecular weight excluding hydrogens is 244 g/mol. The van der Waals surface area contributed by atoms with Gasteiger partial charge in [-0.05, 0) is 31.6 Å². The first-order chi connectivity index (χ1) is 8.42. The lowest BCUT2D eigenvalue weighted by Crippen LogP contribution is -2.58. The van der Waals surface area contributed by atoms with Gasteiger partial charge in [0.25, 0.3) is 0 Å². The molecule has 0 aliphatic carbocycles. The fourth-order valence-corrected chi connectivity index (χ4v) is 2.50. The highest BCUT2D eigenvalue weighted by Crippen LogP contribution is 2.27. The van der Waals surface area contributed by atoms with E-state index in [0.29, 0.717) is 11.7 Å². The summed E-state index contributed by atoms with van der Waals surface area (Å²) in [4.78, 5) is 15.7. The quantitative estimate of drug-likeness (QED) is 0.764. The molecule has 0 unspecified atom stereocenters. The second-order valence-electron chi connectivity index (χ2n) is 5.37. The third-order valence-corrected chi connectivity index (χ3v) is 3.78. The van der Waals surface area contributed by atoms with Gasteiger partial charge in [0.05, 0.1) is 5.41 Å². The highest BCUT2D eigenvalue weighted by molar-refractivity contribution is 7.80. The van der Waals surface area contributed by atoms with Gasteiger partial charge in [-0.2, -0.15) is 0 Å². The van der Waals surface area contributed by atoms with Crippen LogP contribution in [-0.2, 0) is 11.3 Å². The Morgan fingerprint density at radius 1 is 1.28 bits per heavy atom. The molecule has 1 aromatic carbocycles. The van der Waals surface area contributed by atoms with E-state index in [9.17, 15) is 4.79 Å². The van der Waals surface area contributed by atoms with Gasteiger partial charge in [0, 0.05) is 20.1 Å². The first kappa shape index (κ1) is 13.0. The highest BCUT2D eigenvalue weighted by atomic mass is 32.1. The van der Waals surface area contributed by atoms with Crippen molar-refractivity contribution in [3.63, 3.8) is 0 Å². The molecule has 1 heterocycles. The van der Waals surface area contributed by atoms with Crippen LogP contribution < -0.4 is 0 Å². The molecule has 3 nitrogen and oxygen atoms in total. The predicted molar refractivity (Wildman–Crippen MR) is 76.0 cm³/mol. The van der Waals surface area contributed by atoms with Gasteiger partial charge < -0.3 is 4.90 Å². The number of nitrogens with zero attached hydrogens (tertiary/aromatic N) is 2. The van der Waals surface area contributed by atoms with E-state index in [1.807, 2.05) is 32.0 Å². The molecule has 0 spiro atoms. The minimum absolute atomic E-state index is 0.0943. The molecule has 1 aliphatic rings. The molecule has 1 aliphatic heterocycles. The lowest BCUT2D eigenvalue weighted by atomic mass is 9.89. The molecule has 1 amide bonds. The van der Waals surface area contributed by atoms with Crippen molar-refractivity contribution in [3.05, 3.63) is 35.9 Å². The van der Waals surface area contributed by atoms with Crippen LogP contribution in [0.15, 0.2) is 30.3 Å². The highest BCUT2D eigenvalue weighted by Gasteiger charge is 2.40. The summed E-state index contributed by atoms with van der Waals surface area (Å²) in [6.45, 7) is 5.35. The van der Waals surface area contributed by atoms with E-state index >= 15 is 0 Å². The summed E-state index contributed by atoms with van der Waals surface area (Å²) in [6.07, 6.45) is 0. The van der Waals surface area contributed by atoms with E-state index in [0.717, 1.165) is 6.54 Å². The SMILES string of the molecule is CN1C(=O)C(C)(C)CN(Cc2ccccc2)C1=S. The number of amides is 1. The number of carbonyl (C=O) groups is 1. The standard InChI is InChI=1S/C14H18N2OS/c1-14(2)10-16(13(18)15(3)12(14)17)9-11-7-5-4-6-8-11/h4-8H,9-10H2,1-3H3. The Hall–Kier alpha value is -1.42. The van der Waals surface area contributed by atoms with Crippen molar-refractivity contribution in [2.24, 2.45) is 5.41 Å². The molecular formula is C14H18N2OS. The number of rotatable bonds is 2. The molecule has 96 valence electrons. The fraction of sp³-hybridized carbons (Fsp3) is 0.429. The van der Waals surface area contributed by atoms with Crippen LogP contribution >= 0.6 is 12.2 Å². The summed E-state index contributed by atoms with van der Waals surface area (Å²) < 4.78 is 0. The number of hydrogen-bond acceptors (Lipinski definition) is 2. The Kier molecular flexibility index (Phi) is 3.39. The monoisotopic (exact) mass is 262 g/mol. The average Bonchev–Trinajstić information content (AvgIpc) is 2.35. The smallest absolute Gasteiger partial charge is 0.235 e. The first-order valence-corrected chi connectivity index (χ1v) is 6.43. The summed E-state index contributed by atoms with van der Waals surface area (Å²) in [5.74, 6) is 0.0943. The lowest BCUT2D eigenvalue weighted by Gasteiger charge is -2.43. The molecule has 1 aromatic rings. The van der Waals surface area contributed by atoms with Crippen molar-refractivity contribution in [3.8, 4) is 0 Å². The van der Waals surface area contributed by atoms with E-state index in [-0.39, 0.29) is 11.3 Å². The van der Waals surface area contributed by atoms with Gasteiger partial charge >= 0.3 is 0 Å². The Morgan fingerprint density at radius 2 is 1.89 bits per heavy atom. The van der Waals surface area contributed by atoms with Crippen LogP contribution in [0.2, 0.25) is 0 Å². The van der Waals surface area contributed by atoms with E-state index in [4.69, 9.17) is 12.2 Å². The summed E-state index contributed by atoms with van der Waals surface area (Å²) in [5.41, 5.74) is 0.824. The molecule has 0 saturated carbocycles. The maximum absolute atomic E-state index is 12.1. The molecule has 0 N–H and O–H groups in total. The van der Waals surface area contributed by atoms with Gasteiger partial charge in [-0.25, -0.2) is 0 Å². The second-order valence-corrected chi connectivity index (χ2v) is 5.74. The zero-order valence-corrected chi connectivity index (χ0v) is 11.8. The van der Waals surface area contributed by atoms with E-state index in [1.165, 1.54) is 5.56 Å². The Balaban J connectivity index is 2.19. The normalized spacial score (nSPS) is 19.3. The molecule has 18 heavy (non-hydrogen) atoms. The van der Waals surface area contributed by atoms with Crippen molar-refractivity contribution in [2.45, 2.75) is 20.4 Å². The minimum Gasteiger partial charge on any atom is -0.343 e. The molecule has 1 saturated heterocycles. The number of benzene rings is 1. The van der Waals surface area contributed by atoms with Crippen LogP contribution in [0.25, 0.3) is 0 Å². The van der Waals surface area contributed by atoms with E-state index in [1.54, 1.807) is 11.9 Å². The zero-order chi connectivity index (χ0) is 13.3. The van der Waals surface area contributed by atoms with Crippen LogP contribution in [-0.4, -0.2) is 34.4 Å². The maximum atomic E-state index is 12.1. The third-order valence-electron chi connectivity index (χ3n) is 3.24. The van der Waals surface area contributed by atoms with Gasteiger partial charge in [0.1, 0.15) is 0 Å². The zero-order valence-electron chi connectivity index (χ0n) is 11.0. The third kappa shape index (κ3) is 2.38. The Bertz CT molecular complexity index is 470. The average molecular weight is 262 g/mol. The van der Waals surface area contributed by atoms with E-state index in [2.05, 4.69) is 17.0 Å². The molecule has 0 aromatic heterocycles. The van der Waals surface area contributed by atoms with Gasteiger partial charge in [0.2, 0.25) is 5.91 Å². The molecule has 4 heteroatoms. The summed E-state index contributed by atoms with van der Waals surface area (Å²) in [7, 11) is 1.75. The van der Waals surface area contributed by atoms with Crippen molar-refractivity contribution in [2.75, 3.05) is 13.6 Å². The van der Waals surface area contributed by atoms with Crippen LogP contribution in [0, 0.1) is 5.41 Å². The fourth-order valence-electron chi connectivity index (χ4n) is 2.29. The number of carbonyl (C=O) groups excluding carboxylic acids is 1. The first-order valence-electron chi connectivity index (χ1n) is 6.03. The molecule has 1 fully saturated rings. The molecule has 0 bridgehead atoms. The maximum Gasteiger partial charge on any atom is 0.235 e. The summed E-state index contributed by atoms with van der Waals surface area (Å²) in [5, 5.41) is 0.614. The predicted octanol–water partition coefficient (Wildman–Crippen LogP) is 2.27. The lowest BCUT2D eigenvalue weighted by molar-refractivity contribution is -0.138. The van der Waals surface area contributed by atoms with Crippen molar-refractivity contribution in [1.82, 2.24) is 9.80 Å². The van der Waals surface area contributed by atoms with Gasteiger partial charge in [-0.1, -0.05) is 30.3 Å². The summed E-state index contributed by atoms with van der Waals surface area (Å²) >= 11 is 5.36. The second kappa shape index (κ2) is 4.69. The van der Waals surface area contributed by atoms with Gasteiger partial charge in [0.15, 0.2) is 5.11 Å². The molecule has 0 radical (unpaired) electrons. The summed E-state index contributed by atoms with van der Waals surface area (Å²) in [6, 6.07) is 10.2. The van der Waals surface area contributed by atoms with Crippen LogP contribution in [0.1, 0.15) is 19.4 Å².